The van der Waals surface area contributed by atoms with Crippen molar-refractivity contribution in [1.82, 2.24) is 20.2 Å². The molecule has 1 aromatic heterocycles. The molecule has 1 unspecified atom stereocenters. The van der Waals surface area contributed by atoms with Gasteiger partial charge in [-0.1, -0.05) is 20.8 Å². The van der Waals surface area contributed by atoms with Gasteiger partial charge in [-0.2, -0.15) is 0 Å². The van der Waals surface area contributed by atoms with Crippen LogP contribution in [0.1, 0.15) is 63.2 Å². The summed E-state index contributed by atoms with van der Waals surface area (Å²) in [5.74, 6) is 1.01. The van der Waals surface area contributed by atoms with E-state index in [0.29, 0.717) is 6.04 Å². The van der Waals surface area contributed by atoms with E-state index in [1.807, 2.05) is 0 Å². The van der Waals surface area contributed by atoms with Gasteiger partial charge in [-0.05, 0) is 45.3 Å². The zero-order valence-electron chi connectivity index (χ0n) is 13.9. The molecule has 0 saturated heterocycles. The summed E-state index contributed by atoms with van der Waals surface area (Å²) in [6.07, 6.45) is 7.78. The fourth-order valence-electron chi connectivity index (χ4n) is 3.04. The van der Waals surface area contributed by atoms with Gasteiger partial charge < -0.3 is 10.2 Å². The standard InChI is InChI=1S/C17H30N4/c1-4-11-18-15-8-7-9-16-14(15)13-19-17(20-16)10-12-21(5-2)6-3/h13,15,18H,4-12H2,1-3H3. The maximum absolute atomic E-state index is 4.83. The quantitative estimate of drug-likeness (QED) is 0.799. The smallest absolute Gasteiger partial charge is 0.129 e. The van der Waals surface area contributed by atoms with E-state index in [0.717, 1.165) is 44.8 Å². The molecule has 0 spiro atoms. The van der Waals surface area contributed by atoms with Crippen molar-refractivity contribution in [2.75, 3.05) is 26.2 Å². The normalized spacial score (nSPS) is 18.0. The molecule has 1 heterocycles. The fraction of sp³-hybridized carbons (Fsp3) is 0.765. The zero-order chi connectivity index (χ0) is 15.1. The molecule has 21 heavy (non-hydrogen) atoms. The molecule has 1 aromatic rings. The molecule has 0 bridgehead atoms. The van der Waals surface area contributed by atoms with Crippen molar-refractivity contribution in [3.8, 4) is 0 Å². The van der Waals surface area contributed by atoms with Crippen LogP contribution in [-0.4, -0.2) is 41.0 Å². The average molecular weight is 290 g/mol. The largest absolute Gasteiger partial charge is 0.310 e. The summed E-state index contributed by atoms with van der Waals surface area (Å²) in [5.41, 5.74) is 2.61. The number of hydrogen-bond donors (Lipinski definition) is 1. The predicted molar refractivity (Wildman–Crippen MR) is 87.5 cm³/mol. The Morgan fingerprint density at radius 1 is 1.29 bits per heavy atom. The highest BCUT2D eigenvalue weighted by Crippen LogP contribution is 2.27. The van der Waals surface area contributed by atoms with Crippen molar-refractivity contribution in [1.29, 1.82) is 0 Å². The molecule has 1 atom stereocenters. The van der Waals surface area contributed by atoms with Gasteiger partial charge in [0.25, 0.3) is 0 Å². The molecule has 0 radical (unpaired) electrons. The Balaban J connectivity index is 2.01. The first-order valence-corrected chi connectivity index (χ1v) is 8.58. The van der Waals surface area contributed by atoms with Gasteiger partial charge in [-0.25, -0.2) is 9.97 Å². The van der Waals surface area contributed by atoms with Crippen LogP contribution in [-0.2, 0) is 12.8 Å². The zero-order valence-corrected chi connectivity index (χ0v) is 13.9. The Morgan fingerprint density at radius 3 is 2.81 bits per heavy atom. The van der Waals surface area contributed by atoms with E-state index in [9.17, 15) is 0 Å². The second-order valence-electron chi connectivity index (χ2n) is 5.86. The van der Waals surface area contributed by atoms with Crippen LogP contribution in [0.15, 0.2) is 6.20 Å². The van der Waals surface area contributed by atoms with E-state index in [1.54, 1.807) is 0 Å². The van der Waals surface area contributed by atoms with Crippen molar-refractivity contribution in [2.24, 2.45) is 0 Å². The lowest BCUT2D eigenvalue weighted by Gasteiger charge is -2.26. The van der Waals surface area contributed by atoms with Crippen molar-refractivity contribution >= 4 is 0 Å². The second-order valence-corrected chi connectivity index (χ2v) is 5.86. The summed E-state index contributed by atoms with van der Waals surface area (Å²) in [4.78, 5) is 11.9. The molecule has 0 aromatic carbocycles. The summed E-state index contributed by atoms with van der Waals surface area (Å²) >= 11 is 0. The highest BCUT2D eigenvalue weighted by atomic mass is 15.1. The average Bonchev–Trinajstić information content (AvgIpc) is 2.53. The maximum Gasteiger partial charge on any atom is 0.129 e. The summed E-state index contributed by atoms with van der Waals surface area (Å²) in [6, 6.07) is 0.463. The number of hydrogen-bond acceptors (Lipinski definition) is 4. The molecule has 0 amide bonds. The first-order valence-electron chi connectivity index (χ1n) is 8.58. The highest BCUT2D eigenvalue weighted by molar-refractivity contribution is 5.24. The Morgan fingerprint density at radius 2 is 2.10 bits per heavy atom. The molecule has 4 heteroatoms. The highest BCUT2D eigenvalue weighted by Gasteiger charge is 2.21. The van der Waals surface area contributed by atoms with Crippen LogP contribution >= 0.6 is 0 Å². The Bertz CT molecular complexity index is 429. The van der Waals surface area contributed by atoms with Crippen molar-refractivity contribution < 1.29 is 0 Å². The first-order chi connectivity index (χ1) is 10.3. The summed E-state index contributed by atoms with van der Waals surface area (Å²) in [7, 11) is 0. The number of nitrogens with one attached hydrogen (secondary N) is 1. The maximum atomic E-state index is 4.83. The topological polar surface area (TPSA) is 41.1 Å². The van der Waals surface area contributed by atoms with Crippen LogP contribution < -0.4 is 5.32 Å². The molecule has 4 nitrogen and oxygen atoms in total. The Labute approximate surface area is 129 Å². The lowest BCUT2D eigenvalue weighted by molar-refractivity contribution is 0.305. The van der Waals surface area contributed by atoms with E-state index in [4.69, 9.17) is 4.98 Å². The monoisotopic (exact) mass is 290 g/mol. The minimum Gasteiger partial charge on any atom is -0.310 e. The van der Waals surface area contributed by atoms with E-state index >= 15 is 0 Å². The lowest BCUT2D eigenvalue weighted by atomic mass is 9.92. The Hall–Kier alpha value is -1.00. The van der Waals surface area contributed by atoms with E-state index in [2.05, 4.69) is 42.2 Å². The van der Waals surface area contributed by atoms with Crippen LogP contribution in [0, 0.1) is 0 Å². The van der Waals surface area contributed by atoms with Crippen LogP contribution in [0.5, 0.6) is 0 Å². The summed E-state index contributed by atoms with van der Waals surface area (Å²) < 4.78 is 0. The van der Waals surface area contributed by atoms with Gasteiger partial charge in [0.1, 0.15) is 5.82 Å². The van der Waals surface area contributed by atoms with Gasteiger partial charge in [0, 0.05) is 36.5 Å². The molecule has 0 fully saturated rings. The van der Waals surface area contributed by atoms with Crippen molar-refractivity contribution in [3.05, 3.63) is 23.3 Å². The fourth-order valence-corrected chi connectivity index (χ4v) is 3.04. The molecule has 0 saturated carbocycles. The molecule has 118 valence electrons. The third kappa shape index (κ3) is 4.48. The number of aromatic nitrogens is 2. The van der Waals surface area contributed by atoms with Gasteiger partial charge in [0.15, 0.2) is 0 Å². The van der Waals surface area contributed by atoms with E-state index < -0.39 is 0 Å². The number of aryl methyl sites for hydroxylation is 1. The number of likely N-dealkylation sites (N-methyl/N-ethyl adjacent to an activating group) is 1. The molecule has 1 aliphatic rings. The molecule has 1 N–H and O–H groups in total. The minimum absolute atomic E-state index is 0.463. The third-order valence-electron chi connectivity index (χ3n) is 4.42. The first kappa shape index (κ1) is 16.4. The van der Waals surface area contributed by atoms with E-state index in [-0.39, 0.29) is 0 Å². The Kier molecular flexibility index (Phi) is 6.58. The minimum atomic E-state index is 0.463. The van der Waals surface area contributed by atoms with Crippen LogP contribution in [0.2, 0.25) is 0 Å². The molecular weight excluding hydrogens is 260 g/mol. The van der Waals surface area contributed by atoms with Crippen LogP contribution in [0.25, 0.3) is 0 Å². The van der Waals surface area contributed by atoms with Crippen molar-refractivity contribution in [2.45, 2.75) is 58.9 Å². The van der Waals surface area contributed by atoms with Gasteiger partial charge in [0.2, 0.25) is 0 Å². The van der Waals surface area contributed by atoms with Crippen molar-refractivity contribution in [3.63, 3.8) is 0 Å². The SMILES string of the molecule is CCCNC1CCCc2nc(CCN(CC)CC)ncc21. The van der Waals surface area contributed by atoms with E-state index in [1.165, 1.54) is 30.5 Å². The van der Waals surface area contributed by atoms with Gasteiger partial charge in [-0.15, -0.1) is 0 Å². The summed E-state index contributed by atoms with van der Waals surface area (Å²) in [6.45, 7) is 11.0. The van der Waals surface area contributed by atoms with Gasteiger partial charge in [-0.3, -0.25) is 0 Å². The number of fused-ring (bicyclic) bond motifs is 1. The van der Waals surface area contributed by atoms with Crippen LogP contribution in [0.3, 0.4) is 0 Å². The predicted octanol–water partition coefficient (Wildman–Crippen LogP) is 2.74. The second kappa shape index (κ2) is 8.44. The van der Waals surface area contributed by atoms with Gasteiger partial charge >= 0.3 is 0 Å². The molecule has 0 aliphatic heterocycles. The molecule has 1 aliphatic carbocycles. The number of rotatable bonds is 8. The summed E-state index contributed by atoms with van der Waals surface area (Å²) in [5, 5.41) is 3.63. The third-order valence-corrected chi connectivity index (χ3v) is 4.42. The number of nitrogens with zero attached hydrogens (tertiary/aromatic N) is 3. The van der Waals surface area contributed by atoms with Crippen LogP contribution in [0.4, 0.5) is 0 Å². The molecule has 2 rings (SSSR count). The van der Waals surface area contributed by atoms with Gasteiger partial charge in [0.05, 0.1) is 0 Å². The molecular formula is C17H30N4. The lowest BCUT2D eigenvalue weighted by Crippen LogP contribution is -2.28.